The Kier molecular flexibility index (Phi) is 4.27. The minimum atomic E-state index is -0.587. The second-order valence-corrected chi connectivity index (χ2v) is 4.46. The molecule has 2 heterocycles. The third kappa shape index (κ3) is 3.51. The van der Waals surface area contributed by atoms with Crippen LogP contribution in [0.3, 0.4) is 0 Å². The van der Waals surface area contributed by atoms with Gasteiger partial charge in [-0.1, -0.05) is 0 Å². The van der Waals surface area contributed by atoms with E-state index in [-0.39, 0.29) is 24.8 Å². The highest BCUT2D eigenvalue weighted by Crippen LogP contribution is 2.04. The predicted octanol–water partition coefficient (Wildman–Crippen LogP) is -1.76. The zero-order valence-corrected chi connectivity index (χ0v) is 10.1. The molecule has 100 valence electrons. The molecule has 7 nitrogen and oxygen atoms in total. The number of ether oxygens (including phenoxy) is 1. The van der Waals surface area contributed by atoms with Gasteiger partial charge in [-0.3, -0.25) is 24.6 Å². The van der Waals surface area contributed by atoms with Crippen molar-refractivity contribution in [1.82, 2.24) is 15.5 Å². The van der Waals surface area contributed by atoms with Crippen molar-refractivity contribution in [2.75, 3.05) is 32.8 Å². The molecule has 0 aromatic carbocycles. The Morgan fingerprint density at radius 2 is 2.11 bits per heavy atom. The molecule has 1 atom stereocenters. The first kappa shape index (κ1) is 13.0. The molecular weight excluding hydrogens is 238 g/mol. The van der Waals surface area contributed by atoms with Gasteiger partial charge < -0.3 is 10.1 Å². The number of carbonyl (C=O) groups is 3. The fraction of sp³-hybridized carbons (Fsp3) is 0.727. The average molecular weight is 255 g/mol. The number of morpholine rings is 1. The number of hydrogen-bond acceptors (Lipinski definition) is 5. The van der Waals surface area contributed by atoms with E-state index >= 15 is 0 Å². The Labute approximate surface area is 105 Å². The van der Waals surface area contributed by atoms with Crippen LogP contribution in [-0.4, -0.2) is 61.5 Å². The molecule has 0 aromatic heterocycles. The minimum absolute atomic E-state index is 0.189. The van der Waals surface area contributed by atoms with Crippen LogP contribution in [0.2, 0.25) is 0 Å². The number of nitrogens with one attached hydrogen (secondary N) is 2. The maximum Gasteiger partial charge on any atom is 0.249 e. The van der Waals surface area contributed by atoms with Crippen molar-refractivity contribution < 1.29 is 19.1 Å². The van der Waals surface area contributed by atoms with Crippen LogP contribution in [0.4, 0.5) is 0 Å². The van der Waals surface area contributed by atoms with Crippen molar-refractivity contribution in [3.05, 3.63) is 0 Å². The highest BCUT2D eigenvalue weighted by Gasteiger charge is 2.28. The van der Waals surface area contributed by atoms with Crippen LogP contribution in [0.25, 0.3) is 0 Å². The van der Waals surface area contributed by atoms with Gasteiger partial charge in [-0.2, -0.15) is 0 Å². The summed E-state index contributed by atoms with van der Waals surface area (Å²) in [7, 11) is 0. The van der Waals surface area contributed by atoms with Crippen LogP contribution in [0.1, 0.15) is 12.8 Å². The third-order valence-electron chi connectivity index (χ3n) is 3.05. The molecule has 0 saturated carbocycles. The van der Waals surface area contributed by atoms with Gasteiger partial charge in [0, 0.05) is 19.5 Å². The summed E-state index contributed by atoms with van der Waals surface area (Å²) >= 11 is 0. The molecule has 2 aliphatic rings. The van der Waals surface area contributed by atoms with Gasteiger partial charge in [-0.15, -0.1) is 0 Å². The first-order valence-corrected chi connectivity index (χ1v) is 6.08. The molecule has 18 heavy (non-hydrogen) atoms. The summed E-state index contributed by atoms with van der Waals surface area (Å²) in [6, 6.07) is -0.587. The summed E-state index contributed by atoms with van der Waals surface area (Å²) in [6.45, 7) is 2.98. The molecule has 2 saturated heterocycles. The summed E-state index contributed by atoms with van der Waals surface area (Å²) in [5.41, 5.74) is 0. The van der Waals surface area contributed by atoms with Gasteiger partial charge in [0.25, 0.3) is 0 Å². The minimum Gasteiger partial charge on any atom is -0.379 e. The lowest BCUT2D eigenvalue weighted by molar-refractivity contribution is -0.137. The molecule has 0 aliphatic carbocycles. The summed E-state index contributed by atoms with van der Waals surface area (Å²) in [5.74, 6) is -0.883. The largest absolute Gasteiger partial charge is 0.379 e. The van der Waals surface area contributed by atoms with Crippen molar-refractivity contribution in [1.29, 1.82) is 0 Å². The van der Waals surface area contributed by atoms with E-state index in [0.29, 0.717) is 19.6 Å². The summed E-state index contributed by atoms with van der Waals surface area (Å²) in [4.78, 5) is 36.1. The summed E-state index contributed by atoms with van der Waals surface area (Å²) in [6.07, 6.45) is 0.647. The van der Waals surface area contributed by atoms with Crippen molar-refractivity contribution in [2.24, 2.45) is 0 Å². The number of nitrogens with zero attached hydrogens (tertiary/aromatic N) is 1. The zero-order chi connectivity index (χ0) is 13.0. The SMILES string of the molecule is O=C1CCC(NC(=O)CN2CCOCC2)C(=O)N1. The topological polar surface area (TPSA) is 87.7 Å². The van der Waals surface area contributed by atoms with Gasteiger partial charge in [-0.05, 0) is 6.42 Å². The number of carbonyl (C=O) groups excluding carboxylic acids is 3. The van der Waals surface area contributed by atoms with Gasteiger partial charge in [0.05, 0.1) is 19.8 Å². The van der Waals surface area contributed by atoms with Gasteiger partial charge in [0.2, 0.25) is 17.7 Å². The van der Waals surface area contributed by atoms with E-state index in [4.69, 9.17) is 4.74 Å². The normalized spacial score (nSPS) is 25.7. The van der Waals surface area contributed by atoms with Crippen LogP contribution in [0, 0.1) is 0 Å². The van der Waals surface area contributed by atoms with Crippen molar-refractivity contribution in [2.45, 2.75) is 18.9 Å². The molecule has 2 fully saturated rings. The van der Waals surface area contributed by atoms with Gasteiger partial charge in [0.15, 0.2) is 0 Å². The molecule has 0 spiro atoms. The average Bonchev–Trinajstić information content (AvgIpc) is 2.34. The fourth-order valence-corrected chi connectivity index (χ4v) is 2.03. The summed E-state index contributed by atoms with van der Waals surface area (Å²) in [5, 5.41) is 4.86. The number of amides is 3. The van der Waals surface area contributed by atoms with E-state index in [0.717, 1.165) is 13.1 Å². The lowest BCUT2D eigenvalue weighted by Crippen LogP contribution is -2.54. The van der Waals surface area contributed by atoms with Crippen molar-refractivity contribution in [3.63, 3.8) is 0 Å². The molecule has 2 N–H and O–H groups in total. The van der Waals surface area contributed by atoms with Crippen LogP contribution < -0.4 is 10.6 Å². The molecule has 0 radical (unpaired) electrons. The fourth-order valence-electron chi connectivity index (χ4n) is 2.03. The Bertz CT molecular complexity index is 352. The monoisotopic (exact) mass is 255 g/mol. The standard InChI is InChI=1S/C11H17N3O4/c15-9-2-1-8(11(17)13-9)12-10(16)7-14-3-5-18-6-4-14/h8H,1-7H2,(H,12,16)(H,13,15,17). The molecule has 2 rings (SSSR count). The molecular formula is C11H17N3O4. The molecule has 3 amide bonds. The predicted molar refractivity (Wildman–Crippen MR) is 61.6 cm³/mol. The Hall–Kier alpha value is -1.47. The van der Waals surface area contributed by atoms with Crippen molar-refractivity contribution in [3.8, 4) is 0 Å². The summed E-state index contributed by atoms with van der Waals surface area (Å²) < 4.78 is 5.19. The highest BCUT2D eigenvalue weighted by atomic mass is 16.5. The number of rotatable bonds is 3. The van der Waals surface area contributed by atoms with Crippen LogP contribution >= 0.6 is 0 Å². The smallest absolute Gasteiger partial charge is 0.249 e. The van der Waals surface area contributed by atoms with Crippen LogP contribution in [0.5, 0.6) is 0 Å². The second-order valence-electron chi connectivity index (χ2n) is 4.46. The molecule has 2 aliphatic heterocycles. The quantitative estimate of drug-likeness (QED) is 0.583. The first-order valence-electron chi connectivity index (χ1n) is 6.08. The maximum atomic E-state index is 11.7. The van der Waals surface area contributed by atoms with E-state index in [2.05, 4.69) is 10.6 Å². The Morgan fingerprint density at radius 1 is 1.39 bits per heavy atom. The molecule has 0 bridgehead atoms. The lowest BCUT2D eigenvalue weighted by atomic mass is 10.1. The molecule has 1 unspecified atom stereocenters. The van der Waals surface area contributed by atoms with E-state index in [1.165, 1.54) is 0 Å². The van der Waals surface area contributed by atoms with Crippen LogP contribution in [-0.2, 0) is 19.1 Å². The van der Waals surface area contributed by atoms with Gasteiger partial charge in [-0.25, -0.2) is 0 Å². The van der Waals surface area contributed by atoms with E-state index in [1.807, 2.05) is 4.90 Å². The van der Waals surface area contributed by atoms with Gasteiger partial charge >= 0.3 is 0 Å². The molecule has 7 heteroatoms. The zero-order valence-electron chi connectivity index (χ0n) is 10.1. The van der Waals surface area contributed by atoms with E-state index < -0.39 is 11.9 Å². The van der Waals surface area contributed by atoms with E-state index in [9.17, 15) is 14.4 Å². The van der Waals surface area contributed by atoms with Crippen LogP contribution in [0.15, 0.2) is 0 Å². The van der Waals surface area contributed by atoms with E-state index in [1.54, 1.807) is 0 Å². The van der Waals surface area contributed by atoms with Gasteiger partial charge in [0.1, 0.15) is 6.04 Å². The lowest BCUT2D eigenvalue weighted by Gasteiger charge is -2.27. The Balaban J connectivity index is 1.76. The highest BCUT2D eigenvalue weighted by molar-refractivity contribution is 6.01. The Morgan fingerprint density at radius 3 is 2.78 bits per heavy atom. The first-order chi connectivity index (χ1) is 8.65. The van der Waals surface area contributed by atoms with Crippen molar-refractivity contribution >= 4 is 17.7 Å². The number of piperidine rings is 1. The third-order valence-corrected chi connectivity index (χ3v) is 3.05. The number of imide groups is 1. The molecule has 0 aromatic rings. The maximum absolute atomic E-state index is 11.7. The number of hydrogen-bond donors (Lipinski definition) is 2. The second kappa shape index (κ2) is 5.92.